The molecule has 2 aromatic rings. The van der Waals surface area contributed by atoms with Crippen LogP contribution in [0.1, 0.15) is 22.5 Å². The summed E-state index contributed by atoms with van der Waals surface area (Å²) in [6.45, 7) is 9.24. The summed E-state index contributed by atoms with van der Waals surface area (Å²) in [6.07, 6.45) is 0.445. The molecule has 1 fully saturated rings. The predicted molar refractivity (Wildman–Crippen MR) is 100 cm³/mol. The van der Waals surface area contributed by atoms with Crippen LogP contribution >= 0.6 is 11.3 Å². The number of hydrogen-bond donors (Lipinski definition) is 0. The van der Waals surface area contributed by atoms with E-state index in [9.17, 15) is 4.79 Å². The molecule has 1 saturated heterocycles. The molecular formula is C19H25N3O2S. The smallest absolute Gasteiger partial charge is 0.227 e. The molecule has 0 unspecified atom stereocenters. The van der Waals surface area contributed by atoms with Crippen molar-refractivity contribution in [3.05, 3.63) is 45.9 Å². The van der Waals surface area contributed by atoms with E-state index in [0.717, 1.165) is 54.1 Å². The molecule has 0 bridgehead atoms. The molecule has 3 rings (SSSR count). The van der Waals surface area contributed by atoms with E-state index in [1.807, 2.05) is 42.2 Å². The molecule has 1 aromatic heterocycles. The minimum absolute atomic E-state index is 0.207. The number of amides is 1. The van der Waals surface area contributed by atoms with Crippen LogP contribution in [0, 0.1) is 6.92 Å². The van der Waals surface area contributed by atoms with Gasteiger partial charge in [0.2, 0.25) is 5.91 Å². The number of piperazine rings is 1. The Balaban J connectivity index is 1.54. The van der Waals surface area contributed by atoms with Crippen molar-refractivity contribution in [3.63, 3.8) is 0 Å². The summed E-state index contributed by atoms with van der Waals surface area (Å²) >= 11 is 1.58. The van der Waals surface area contributed by atoms with Gasteiger partial charge in [-0.3, -0.25) is 4.79 Å². The van der Waals surface area contributed by atoms with Gasteiger partial charge in [-0.1, -0.05) is 25.1 Å². The molecule has 1 amide bonds. The zero-order chi connectivity index (χ0) is 17.6. The molecule has 1 aromatic carbocycles. The zero-order valence-electron chi connectivity index (χ0n) is 14.9. The van der Waals surface area contributed by atoms with Gasteiger partial charge < -0.3 is 14.5 Å². The minimum Gasteiger partial charge on any atom is -0.486 e. The summed E-state index contributed by atoms with van der Waals surface area (Å²) in [4.78, 5) is 22.5. The third-order valence-corrected chi connectivity index (χ3v) is 5.66. The van der Waals surface area contributed by atoms with Gasteiger partial charge in [-0.25, -0.2) is 4.98 Å². The Morgan fingerprint density at radius 3 is 2.60 bits per heavy atom. The van der Waals surface area contributed by atoms with Gasteiger partial charge in [0.1, 0.15) is 17.4 Å². The normalized spacial score (nSPS) is 15.4. The molecule has 0 radical (unpaired) electrons. The Morgan fingerprint density at radius 2 is 1.92 bits per heavy atom. The number of rotatable bonds is 6. The highest BCUT2D eigenvalue weighted by atomic mass is 32.1. The highest BCUT2D eigenvalue weighted by Crippen LogP contribution is 2.21. The number of benzene rings is 1. The molecule has 5 nitrogen and oxygen atoms in total. The summed E-state index contributed by atoms with van der Waals surface area (Å²) in [7, 11) is 0. The fourth-order valence-corrected chi connectivity index (χ4v) is 3.91. The predicted octanol–water partition coefficient (Wildman–Crippen LogP) is 2.74. The topological polar surface area (TPSA) is 45.7 Å². The molecule has 1 aliphatic rings. The maximum absolute atomic E-state index is 12.6. The molecule has 0 spiro atoms. The van der Waals surface area contributed by atoms with Crippen molar-refractivity contribution in [1.29, 1.82) is 0 Å². The summed E-state index contributed by atoms with van der Waals surface area (Å²) in [5, 5.41) is 0.917. The van der Waals surface area contributed by atoms with Crippen molar-refractivity contribution >= 4 is 17.2 Å². The van der Waals surface area contributed by atoms with E-state index in [2.05, 4.69) is 16.8 Å². The second-order valence-corrected chi connectivity index (χ2v) is 7.38. The summed E-state index contributed by atoms with van der Waals surface area (Å²) < 4.78 is 5.75. The summed E-state index contributed by atoms with van der Waals surface area (Å²) in [5.74, 6) is 1.04. The highest BCUT2D eigenvalue weighted by molar-refractivity contribution is 7.11. The number of ether oxygens (including phenoxy) is 1. The second-order valence-electron chi connectivity index (χ2n) is 6.21. The van der Waals surface area contributed by atoms with Gasteiger partial charge >= 0.3 is 0 Å². The van der Waals surface area contributed by atoms with Gasteiger partial charge in [-0.2, -0.15) is 0 Å². The molecule has 6 heteroatoms. The van der Waals surface area contributed by atoms with Crippen molar-refractivity contribution in [2.24, 2.45) is 0 Å². The van der Waals surface area contributed by atoms with Crippen LogP contribution in [0.4, 0.5) is 0 Å². The van der Waals surface area contributed by atoms with Gasteiger partial charge in [0.05, 0.1) is 12.1 Å². The minimum atomic E-state index is 0.207. The maximum atomic E-state index is 12.6. The monoisotopic (exact) mass is 359 g/mol. The number of carbonyl (C=O) groups excluding carboxylic acids is 1. The molecular weight excluding hydrogens is 334 g/mol. The third-order valence-electron chi connectivity index (χ3n) is 4.53. The molecule has 1 aliphatic heterocycles. The number of aromatic nitrogens is 1. The molecule has 134 valence electrons. The lowest BCUT2D eigenvalue weighted by atomic mass is 10.2. The van der Waals surface area contributed by atoms with Crippen molar-refractivity contribution in [1.82, 2.24) is 14.8 Å². The average molecular weight is 359 g/mol. The van der Waals surface area contributed by atoms with Crippen LogP contribution in [-0.2, 0) is 17.8 Å². The summed E-state index contributed by atoms with van der Waals surface area (Å²) in [6, 6.07) is 9.72. The van der Waals surface area contributed by atoms with E-state index in [1.165, 1.54) is 0 Å². The molecule has 2 heterocycles. The number of thiazole rings is 1. The van der Waals surface area contributed by atoms with Crippen molar-refractivity contribution < 1.29 is 9.53 Å². The Morgan fingerprint density at radius 1 is 1.20 bits per heavy atom. The van der Waals surface area contributed by atoms with E-state index in [-0.39, 0.29) is 5.91 Å². The molecule has 0 N–H and O–H groups in total. The number of nitrogens with zero attached hydrogens (tertiary/aromatic N) is 3. The first kappa shape index (κ1) is 17.9. The van der Waals surface area contributed by atoms with E-state index >= 15 is 0 Å². The Bertz CT molecular complexity index is 694. The van der Waals surface area contributed by atoms with Crippen molar-refractivity contribution in [3.8, 4) is 5.75 Å². The van der Waals surface area contributed by atoms with Gasteiger partial charge in [-0.05, 0) is 25.6 Å². The molecule has 0 atom stereocenters. The van der Waals surface area contributed by atoms with Gasteiger partial charge in [0.15, 0.2) is 0 Å². The highest BCUT2D eigenvalue weighted by Gasteiger charge is 2.21. The fraction of sp³-hybridized carbons (Fsp3) is 0.474. The Labute approximate surface area is 153 Å². The Kier molecular flexibility index (Phi) is 6.04. The average Bonchev–Trinajstić information content (AvgIpc) is 3.00. The first-order chi connectivity index (χ1) is 12.2. The first-order valence-corrected chi connectivity index (χ1v) is 9.60. The second kappa shape index (κ2) is 8.45. The van der Waals surface area contributed by atoms with Gasteiger partial charge in [0.25, 0.3) is 0 Å². The van der Waals surface area contributed by atoms with Crippen LogP contribution in [0.15, 0.2) is 30.3 Å². The largest absolute Gasteiger partial charge is 0.486 e. The van der Waals surface area contributed by atoms with Crippen LogP contribution in [0.2, 0.25) is 0 Å². The summed E-state index contributed by atoms with van der Waals surface area (Å²) in [5.41, 5.74) is 0.942. The van der Waals surface area contributed by atoms with Gasteiger partial charge in [-0.15, -0.1) is 11.3 Å². The zero-order valence-corrected chi connectivity index (χ0v) is 15.7. The van der Waals surface area contributed by atoms with Crippen molar-refractivity contribution in [2.75, 3.05) is 32.7 Å². The van der Waals surface area contributed by atoms with E-state index < -0.39 is 0 Å². The molecule has 0 saturated carbocycles. The fourth-order valence-electron chi connectivity index (χ4n) is 2.94. The maximum Gasteiger partial charge on any atom is 0.227 e. The number of hydrogen-bond acceptors (Lipinski definition) is 5. The van der Waals surface area contributed by atoms with Crippen LogP contribution in [0.25, 0.3) is 0 Å². The van der Waals surface area contributed by atoms with Crippen LogP contribution in [0.5, 0.6) is 5.75 Å². The SMILES string of the molecule is CCN1CCN(C(=O)Cc2sc(COc3ccccc3)nc2C)CC1. The lowest BCUT2D eigenvalue weighted by molar-refractivity contribution is -0.132. The molecule has 0 aliphatic carbocycles. The third kappa shape index (κ3) is 4.80. The molecule has 25 heavy (non-hydrogen) atoms. The number of likely N-dealkylation sites (N-methyl/N-ethyl adjacent to an activating group) is 1. The van der Waals surface area contributed by atoms with Crippen molar-refractivity contribution in [2.45, 2.75) is 26.9 Å². The quantitative estimate of drug-likeness (QED) is 0.796. The van der Waals surface area contributed by atoms with Crippen LogP contribution in [0.3, 0.4) is 0 Å². The Hall–Kier alpha value is -1.92. The van der Waals surface area contributed by atoms with Gasteiger partial charge in [0, 0.05) is 31.1 Å². The first-order valence-electron chi connectivity index (χ1n) is 8.79. The lowest BCUT2D eigenvalue weighted by Crippen LogP contribution is -2.48. The van der Waals surface area contributed by atoms with E-state index in [4.69, 9.17) is 4.74 Å². The number of carbonyl (C=O) groups is 1. The van der Waals surface area contributed by atoms with E-state index in [0.29, 0.717) is 13.0 Å². The number of para-hydroxylation sites is 1. The lowest BCUT2D eigenvalue weighted by Gasteiger charge is -2.34. The standard InChI is InChI=1S/C19H25N3O2S/c1-3-21-9-11-22(12-10-21)19(23)13-17-15(2)20-18(25-17)14-24-16-7-5-4-6-8-16/h4-8H,3,9-14H2,1-2H3. The van der Waals surface area contributed by atoms with E-state index in [1.54, 1.807) is 11.3 Å². The van der Waals surface area contributed by atoms with Crippen LogP contribution in [-0.4, -0.2) is 53.4 Å². The number of aryl methyl sites for hydroxylation is 1. The van der Waals surface area contributed by atoms with Crippen LogP contribution < -0.4 is 4.74 Å².